The fraction of sp³-hybridized carbons (Fsp3) is 0.158. The normalized spacial score (nSPS) is 17.6. The van der Waals surface area contributed by atoms with Gasteiger partial charge in [-0.25, -0.2) is 13.2 Å². The summed E-state index contributed by atoms with van der Waals surface area (Å²) in [6.45, 7) is -0.479. The number of carbonyl (C=O) groups excluding carboxylic acids is 2. The van der Waals surface area contributed by atoms with E-state index in [9.17, 15) is 18.0 Å². The van der Waals surface area contributed by atoms with Crippen LogP contribution in [0.5, 0.6) is 0 Å². The molecule has 6 nitrogen and oxygen atoms in total. The van der Waals surface area contributed by atoms with Gasteiger partial charge in [-0.15, -0.1) is 0 Å². The molecule has 7 heteroatoms. The molecule has 1 aliphatic rings. The molecule has 0 bridgehead atoms. The van der Waals surface area contributed by atoms with Crippen LogP contribution in [0.3, 0.4) is 0 Å². The average molecular weight is 371 g/mol. The Balaban J connectivity index is 1.76. The van der Waals surface area contributed by atoms with E-state index in [4.69, 9.17) is 4.74 Å². The molecule has 1 aliphatic heterocycles. The zero-order valence-electron chi connectivity index (χ0n) is 13.8. The lowest BCUT2D eigenvalue weighted by atomic mass is 10.2. The number of ether oxygens (including phenoxy) is 1. The highest BCUT2D eigenvalue weighted by Gasteiger charge is 2.31. The van der Waals surface area contributed by atoms with Gasteiger partial charge < -0.3 is 9.64 Å². The van der Waals surface area contributed by atoms with E-state index in [0.29, 0.717) is 11.3 Å². The SMILES string of the molecule is O=C(OCC(=O)N(c1ccccc1)C1C=CS(=O)(=O)C1)c1ccccc1. The van der Waals surface area contributed by atoms with Gasteiger partial charge in [-0.2, -0.15) is 0 Å². The molecule has 1 unspecified atom stereocenters. The lowest BCUT2D eigenvalue weighted by Crippen LogP contribution is -2.43. The average Bonchev–Trinajstić information content (AvgIpc) is 3.01. The number of para-hydroxylation sites is 1. The fourth-order valence-electron chi connectivity index (χ4n) is 2.68. The van der Waals surface area contributed by atoms with Gasteiger partial charge in [0.05, 0.1) is 17.4 Å². The molecule has 1 heterocycles. The van der Waals surface area contributed by atoms with E-state index in [-0.39, 0.29) is 5.75 Å². The van der Waals surface area contributed by atoms with Gasteiger partial charge in [-0.3, -0.25) is 4.79 Å². The topological polar surface area (TPSA) is 80.8 Å². The van der Waals surface area contributed by atoms with Crippen LogP contribution in [0, 0.1) is 0 Å². The van der Waals surface area contributed by atoms with E-state index in [0.717, 1.165) is 5.41 Å². The van der Waals surface area contributed by atoms with Crippen molar-refractivity contribution in [3.05, 3.63) is 77.7 Å². The van der Waals surface area contributed by atoms with Gasteiger partial charge in [0.25, 0.3) is 5.91 Å². The third-order valence-electron chi connectivity index (χ3n) is 3.88. The summed E-state index contributed by atoms with van der Waals surface area (Å²) < 4.78 is 28.6. The van der Waals surface area contributed by atoms with Crippen LogP contribution in [0.25, 0.3) is 0 Å². The van der Waals surface area contributed by atoms with Crippen LogP contribution in [0.2, 0.25) is 0 Å². The Morgan fingerprint density at radius 1 is 1.00 bits per heavy atom. The van der Waals surface area contributed by atoms with Gasteiger partial charge in [0.15, 0.2) is 16.4 Å². The van der Waals surface area contributed by atoms with Crippen molar-refractivity contribution in [2.45, 2.75) is 6.04 Å². The van der Waals surface area contributed by atoms with Crippen LogP contribution in [0.4, 0.5) is 5.69 Å². The standard InChI is InChI=1S/C19H17NO5S/c21-18(13-25-19(22)15-7-3-1-4-8-15)20(16-9-5-2-6-10-16)17-11-12-26(23,24)14-17/h1-12,17H,13-14H2. The van der Waals surface area contributed by atoms with Crippen LogP contribution in [-0.2, 0) is 19.4 Å². The fourth-order valence-corrected chi connectivity index (χ4v) is 3.95. The maximum absolute atomic E-state index is 12.7. The van der Waals surface area contributed by atoms with Crippen molar-refractivity contribution in [3.8, 4) is 0 Å². The smallest absolute Gasteiger partial charge is 0.338 e. The quantitative estimate of drug-likeness (QED) is 0.753. The molecule has 0 aromatic heterocycles. The largest absolute Gasteiger partial charge is 0.452 e. The summed E-state index contributed by atoms with van der Waals surface area (Å²) in [5.41, 5.74) is 0.884. The van der Waals surface area contributed by atoms with Gasteiger partial charge in [0.2, 0.25) is 0 Å². The van der Waals surface area contributed by atoms with Gasteiger partial charge in [-0.1, -0.05) is 36.4 Å². The zero-order chi connectivity index (χ0) is 18.6. The molecule has 2 aromatic rings. The Morgan fingerprint density at radius 2 is 1.62 bits per heavy atom. The van der Waals surface area contributed by atoms with E-state index < -0.39 is 34.4 Å². The molecule has 134 valence electrons. The Morgan fingerprint density at radius 3 is 2.19 bits per heavy atom. The molecule has 2 aromatic carbocycles. The molecule has 0 spiro atoms. The van der Waals surface area contributed by atoms with E-state index >= 15 is 0 Å². The minimum absolute atomic E-state index is 0.194. The van der Waals surface area contributed by atoms with Crippen LogP contribution < -0.4 is 4.90 Å². The van der Waals surface area contributed by atoms with Crippen LogP contribution in [0.15, 0.2) is 72.1 Å². The predicted molar refractivity (Wildman–Crippen MR) is 97.4 cm³/mol. The summed E-state index contributed by atoms with van der Waals surface area (Å²) in [6.07, 6.45) is 1.47. The summed E-state index contributed by atoms with van der Waals surface area (Å²) in [5, 5.41) is 1.11. The molecule has 0 radical (unpaired) electrons. The number of hydrogen-bond donors (Lipinski definition) is 0. The van der Waals surface area contributed by atoms with E-state index in [1.165, 1.54) is 11.0 Å². The third kappa shape index (κ3) is 4.18. The van der Waals surface area contributed by atoms with Gasteiger partial charge >= 0.3 is 5.97 Å². The molecule has 0 saturated heterocycles. The van der Waals surface area contributed by atoms with Crippen LogP contribution >= 0.6 is 0 Å². The van der Waals surface area contributed by atoms with Crippen molar-refractivity contribution < 1.29 is 22.7 Å². The second-order valence-corrected chi connectivity index (χ2v) is 7.70. The van der Waals surface area contributed by atoms with Crippen molar-refractivity contribution in [1.29, 1.82) is 0 Å². The lowest BCUT2D eigenvalue weighted by Gasteiger charge is -2.27. The van der Waals surface area contributed by atoms with Gasteiger partial charge in [0.1, 0.15) is 0 Å². The van der Waals surface area contributed by atoms with Gasteiger partial charge in [-0.05, 0) is 30.3 Å². The maximum atomic E-state index is 12.7. The minimum atomic E-state index is -3.34. The number of amides is 1. The Bertz CT molecular complexity index is 923. The van der Waals surface area contributed by atoms with Crippen molar-refractivity contribution in [2.75, 3.05) is 17.3 Å². The van der Waals surface area contributed by atoms with E-state index in [1.807, 2.05) is 0 Å². The Kier molecular flexibility index (Phi) is 5.18. The molecular weight excluding hydrogens is 354 g/mol. The Hall–Kier alpha value is -2.93. The number of rotatable bonds is 5. The van der Waals surface area contributed by atoms with Crippen molar-refractivity contribution in [2.24, 2.45) is 0 Å². The van der Waals surface area contributed by atoms with Crippen LogP contribution in [-0.4, -0.2) is 38.7 Å². The molecule has 1 atom stereocenters. The molecule has 0 fully saturated rings. The molecule has 0 saturated carbocycles. The maximum Gasteiger partial charge on any atom is 0.338 e. The molecule has 3 rings (SSSR count). The zero-order valence-corrected chi connectivity index (χ0v) is 14.6. The molecule has 1 amide bonds. The van der Waals surface area contributed by atoms with E-state index in [1.54, 1.807) is 60.7 Å². The summed E-state index contributed by atoms with van der Waals surface area (Å²) in [7, 11) is -3.34. The first-order chi connectivity index (χ1) is 12.5. The molecule has 0 N–H and O–H groups in total. The Labute approximate surface area is 151 Å². The number of benzene rings is 2. The van der Waals surface area contributed by atoms with Crippen molar-refractivity contribution in [1.82, 2.24) is 0 Å². The number of esters is 1. The summed E-state index contributed by atoms with van der Waals surface area (Å²) in [6, 6.07) is 16.4. The minimum Gasteiger partial charge on any atom is -0.452 e. The monoisotopic (exact) mass is 371 g/mol. The first-order valence-electron chi connectivity index (χ1n) is 7.96. The number of sulfone groups is 1. The number of carbonyl (C=O) groups is 2. The predicted octanol–water partition coefficient (Wildman–Crippen LogP) is 2.19. The van der Waals surface area contributed by atoms with Crippen molar-refractivity contribution in [3.63, 3.8) is 0 Å². The second kappa shape index (κ2) is 7.53. The number of nitrogens with zero attached hydrogens (tertiary/aromatic N) is 1. The number of anilines is 1. The summed E-state index contributed by atoms with van der Waals surface area (Å²) in [4.78, 5) is 26.1. The van der Waals surface area contributed by atoms with Crippen molar-refractivity contribution >= 4 is 27.4 Å². The highest BCUT2D eigenvalue weighted by atomic mass is 32.2. The van der Waals surface area contributed by atoms with E-state index in [2.05, 4.69) is 0 Å². The summed E-state index contributed by atoms with van der Waals surface area (Å²) >= 11 is 0. The molecule has 0 aliphatic carbocycles. The first-order valence-corrected chi connectivity index (χ1v) is 9.68. The van der Waals surface area contributed by atoms with Crippen LogP contribution in [0.1, 0.15) is 10.4 Å². The highest BCUT2D eigenvalue weighted by molar-refractivity contribution is 7.94. The summed E-state index contributed by atoms with van der Waals surface area (Å²) in [5.74, 6) is -1.30. The lowest BCUT2D eigenvalue weighted by molar-refractivity contribution is -0.121. The number of hydrogen-bond acceptors (Lipinski definition) is 5. The first kappa shape index (κ1) is 17.9. The highest BCUT2D eigenvalue weighted by Crippen LogP contribution is 2.22. The molecular formula is C19H17NO5S. The molecule has 26 heavy (non-hydrogen) atoms. The second-order valence-electron chi connectivity index (χ2n) is 5.77. The van der Waals surface area contributed by atoms with Gasteiger partial charge in [0, 0.05) is 11.1 Å². The third-order valence-corrected chi connectivity index (χ3v) is 5.26.